The van der Waals surface area contributed by atoms with Gasteiger partial charge in [-0.1, -0.05) is 19.8 Å². The summed E-state index contributed by atoms with van der Waals surface area (Å²) >= 11 is 0. The Labute approximate surface area is 97.3 Å². The Balaban J connectivity index is 2.66. The van der Waals surface area contributed by atoms with Crippen LogP contribution in [-0.2, 0) is 6.54 Å². The predicted molar refractivity (Wildman–Crippen MR) is 67.1 cm³/mol. The highest BCUT2D eigenvalue weighted by molar-refractivity contribution is 5.48. The van der Waals surface area contributed by atoms with E-state index >= 15 is 0 Å². The molecule has 0 spiro atoms. The Bertz CT molecular complexity index is 326. The molecule has 1 rings (SSSR count). The van der Waals surface area contributed by atoms with Crippen LogP contribution in [0.2, 0.25) is 0 Å². The van der Waals surface area contributed by atoms with Crippen molar-refractivity contribution in [3.05, 3.63) is 29.6 Å². The topological polar surface area (TPSA) is 29.3 Å². The lowest BCUT2D eigenvalue weighted by Crippen LogP contribution is -2.19. The van der Waals surface area contributed by atoms with Gasteiger partial charge >= 0.3 is 0 Å². The van der Waals surface area contributed by atoms with Crippen LogP contribution in [0.1, 0.15) is 31.7 Å². The molecule has 16 heavy (non-hydrogen) atoms. The number of hydrogen-bond donors (Lipinski definition) is 1. The maximum absolute atomic E-state index is 13.3. The molecule has 0 aliphatic heterocycles. The number of nitrogens with two attached hydrogens (primary N) is 1. The Morgan fingerprint density at radius 2 is 2.00 bits per heavy atom. The molecular weight excluding hydrogens is 203 g/mol. The maximum Gasteiger partial charge on any atom is 0.125 e. The fourth-order valence-electron chi connectivity index (χ4n) is 1.70. The Hall–Kier alpha value is -1.09. The second-order valence-corrected chi connectivity index (χ2v) is 4.15. The third kappa shape index (κ3) is 3.81. The largest absolute Gasteiger partial charge is 0.375 e. The first-order chi connectivity index (χ1) is 7.67. The first-order valence-electron chi connectivity index (χ1n) is 5.88. The van der Waals surface area contributed by atoms with Gasteiger partial charge in [0, 0.05) is 25.8 Å². The van der Waals surface area contributed by atoms with Gasteiger partial charge in [0.1, 0.15) is 5.82 Å². The SMILES string of the molecule is CCCCCN(C)c1cc(F)cc(CN)c1. The molecule has 0 bridgehead atoms. The van der Waals surface area contributed by atoms with E-state index in [1.54, 1.807) is 6.07 Å². The summed E-state index contributed by atoms with van der Waals surface area (Å²) in [7, 11) is 1.99. The molecule has 0 unspecified atom stereocenters. The Kier molecular flexibility index (Phi) is 5.26. The smallest absolute Gasteiger partial charge is 0.125 e. The first-order valence-corrected chi connectivity index (χ1v) is 5.88. The van der Waals surface area contributed by atoms with Gasteiger partial charge < -0.3 is 10.6 Å². The van der Waals surface area contributed by atoms with Gasteiger partial charge in [-0.25, -0.2) is 4.39 Å². The summed E-state index contributed by atoms with van der Waals surface area (Å²) in [6.45, 7) is 3.52. The lowest BCUT2D eigenvalue weighted by molar-refractivity contribution is 0.624. The third-order valence-corrected chi connectivity index (χ3v) is 2.72. The van der Waals surface area contributed by atoms with E-state index in [1.165, 1.54) is 18.9 Å². The summed E-state index contributed by atoms with van der Waals surface area (Å²) in [6.07, 6.45) is 3.55. The fourth-order valence-corrected chi connectivity index (χ4v) is 1.70. The lowest BCUT2D eigenvalue weighted by Gasteiger charge is -2.20. The predicted octanol–water partition coefficient (Wildman–Crippen LogP) is 2.91. The third-order valence-electron chi connectivity index (χ3n) is 2.72. The molecule has 2 nitrogen and oxygen atoms in total. The zero-order valence-corrected chi connectivity index (χ0v) is 10.2. The van der Waals surface area contributed by atoms with Gasteiger partial charge in [0.05, 0.1) is 0 Å². The Morgan fingerprint density at radius 1 is 1.25 bits per heavy atom. The van der Waals surface area contributed by atoms with Crippen molar-refractivity contribution in [2.24, 2.45) is 5.73 Å². The highest BCUT2D eigenvalue weighted by Crippen LogP contribution is 2.17. The molecule has 0 heterocycles. The normalized spacial score (nSPS) is 10.5. The standard InChI is InChI=1S/C13H21FN2/c1-3-4-5-6-16(2)13-8-11(10-15)7-12(14)9-13/h7-9H,3-6,10,15H2,1-2H3. The highest BCUT2D eigenvalue weighted by Gasteiger charge is 2.04. The van der Waals surface area contributed by atoms with Gasteiger partial charge in [-0.3, -0.25) is 0 Å². The number of rotatable bonds is 6. The molecule has 0 fully saturated rings. The van der Waals surface area contributed by atoms with E-state index in [2.05, 4.69) is 11.8 Å². The number of benzene rings is 1. The summed E-state index contributed by atoms with van der Waals surface area (Å²) in [4.78, 5) is 2.08. The molecule has 0 saturated heterocycles. The number of halogens is 1. The number of anilines is 1. The van der Waals surface area contributed by atoms with Gasteiger partial charge in [-0.2, -0.15) is 0 Å². The van der Waals surface area contributed by atoms with Gasteiger partial charge in [-0.05, 0) is 30.2 Å². The van der Waals surface area contributed by atoms with Gasteiger partial charge in [0.2, 0.25) is 0 Å². The van der Waals surface area contributed by atoms with E-state index in [0.717, 1.165) is 24.2 Å². The van der Waals surface area contributed by atoms with E-state index in [0.29, 0.717) is 6.54 Å². The summed E-state index contributed by atoms with van der Waals surface area (Å²) in [5, 5.41) is 0. The van der Waals surface area contributed by atoms with E-state index in [-0.39, 0.29) is 5.82 Å². The van der Waals surface area contributed by atoms with Crippen molar-refractivity contribution in [2.75, 3.05) is 18.5 Å². The van der Waals surface area contributed by atoms with Crippen molar-refractivity contribution < 1.29 is 4.39 Å². The van der Waals surface area contributed by atoms with E-state index in [1.807, 2.05) is 13.1 Å². The minimum atomic E-state index is -0.208. The maximum atomic E-state index is 13.3. The number of nitrogens with zero attached hydrogens (tertiary/aromatic N) is 1. The van der Waals surface area contributed by atoms with Gasteiger partial charge in [0.25, 0.3) is 0 Å². The molecule has 3 heteroatoms. The molecular formula is C13H21FN2. The van der Waals surface area contributed by atoms with Gasteiger partial charge in [-0.15, -0.1) is 0 Å². The monoisotopic (exact) mass is 224 g/mol. The van der Waals surface area contributed by atoms with Crippen LogP contribution in [0.3, 0.4) is 0 Å². The van der Waals surface area contributed by atoms with Crippen LogP contribution >= 0.6 is 0 Å². The molecule has 0 saturated carbocycles. The van der Waals surface area contributed by atoms with Crippen molar-refractivity contribution >= 4 is 5.69 Å². The molecule has 0 atom stereocenters. The second kappa shape index (κ2) is 6.48. The molecule has 0 aliphatic rings. The quantitative estimate of drug-likeness (QED) is 0.753. The minimum Gasteiger partial charge on any atom is -0.375 e. The van der Waals surface area contributed by atoms with E-state index < -0.39 is 0 Å². The molecule has 0 radical (unpaired) electrons. The first kappa shape index (κ1) is 13.0. The molecule has 2 N–H and O–H groups in total. The van der Waals surface area contributed by atoms with E-state index in [9.17, 15) is 4.39 Å². The summed E-state index contributed by atoms with van der Waals surface area (Å²) in [6, 6.07) is 5.00. The van der Waals surface area contributed by atoms with Crippen molar-refractivity contribution in [2.45, 2.75) is 32.7 Å². The second-order valence-electron chi connectivity index (χ2n) is 4.15. The number of unbranched alkanes of at least 4 members (excludes halogenated alkanes) is 2. The molecule has 1 aromatic carbocycles. The summed E-state index contributed by atoms with van der Waals surface area (Å²) in [5.41, 5.74) is 7.28. The van der Waals surface area contributed by atoms with Crippen molar-refractivity contribution in [1.82, 2.24) is 0 Å². The minimum absolute atomic E-state index is 0.208. The van der Waals surface area contributed by atoms with Crippen LogP contribution in [0.15, 0.2) is 18.2 Å². The zero-order chi connectivity index (χ0) is 12.0. The van der Waals surface area contributed by atoms with Crippen molar-refractivity contribution in [3.8, 4) is 0 Å². The average molecular weight is 224 g/mol. The van der Waals surface area contributed by atoms with Gasteiger partial charge in [0.15, 0.2) is 0 Å². The van der Waals surface area contributed by atoms with Crippen LogP contribution in [0.5, 0.6) is 0 Å². The summed E-state index contributed by atoms with van der Waals surface area (Å²) in [5.74, 6) is -0.208. The van der Waals surface area contributed by atoms with Crippen LogP contribution in [0, 0.1) is 5.82 Å². The molecule has 0 aromatic heterocycles. The molecule has 90 valence electrons. The van der Waals surface area contributed by atoms with Crippen LogP contribution < -0.4 is 10.6 Å². The Morgan fingerprint density at radius 3 is 2.62 bits per heavy atom. The lowest BCUT2D eigenvalue weighted by atomic mass is 10.1. The highest BCUT2D eigenvalue weighted by atomic mass is 19.1. The average Bonchev–Trinajstić information content (AvgIpc) is 2.28. The fraction of sp³-hybridized carbons (Fsp3) is 0.538. The van der Waals surface area contributed by atoms with Crippen LogP contribution in [-0.4, -0.2) is 13.6 Å². The van der Waals surface area contributed by atoms with Crippen LogP contribution in [0.4, 0.5) is 10.1 Å². The van der Waals surface area contributed by atoms with Crippen molar-refractivity contribution in [3.63, 3.8) is 0 Å². The summed E-state index contributed by atoms with van der Waals surface area (Å²) < 4.78 is 13.3. The molecule has 0 amide bonds. The van der Waals surface area contributed by atoms with Crippen LogP contribution in [0.25, 0.3) is 0 Å². The molecule has 1 aromatic rings. The van der Waals surface area contributed by atoms with Crippen molar-refractivity contribution in [1.29, 1.82) is 0 Å². The zero-order valence-electron chi connectivity index (χ0n) is 10.2. The van der Waals surface area contributed by atoms with E-state index in [4.69, 9.17) is 5.73 Å². The molecule has 0 aliphatic carbocycles. The number of hydrogen-bond acceptors (Lipinski definition) is 2.